The molecular formula is C20H30O3Si. The maximum Gasteiger partial charge on any atom is 0.373 e. The fraction of sp³-hybridized carbons (Fsp3) is 0.550. The molecule has 4 heteroatoms. The molecule has 1 fully saturated rings. The van der Waals surface area contributed by atoms with E-state index in [1.807, 2.05) is 12.1 Å². The summed E-state index contributed by atoms with van der Waals surface area (Å²) in [5.41, 5.74) is 2.69. The van der Waals surface area contributed by atoms with Crippen molar-refractivity contribution in [1.82, 2.24) is 0 Å². The molecule has 0 saturated heterocycles. The van der Waals surface area contributed by atoms with Gasteiger partial charge in [-0.25, -0.2) is 4.79 Å². The molecule has 0 radical (unpaired) electrons. The minimum absolute atomic E-state index is 0.0467. The molecule has 0 unspecified atom stereocenters. The molecular weight excluding hydrogens is 316 g/mol. The quantitative estimate of drug-likeness (QED) is 0.405. The maximum atomic E-state index is 12.2. The van der Waals surface area contributed by atoms with Gasteiger partial charge in [0, 0.05) is 0 Å². The van der Waals surface area contributed by atoms with E-state index >= 15 is 0 Å². The van der Waals surface area contributed by atoms with Crippen LogP contribution in [0.3, 0.4) is 0 Å². The molecule has 0 aromatic heterocycles. The van der Waals surface area contributed by atoms with Crippen molar-refractivity contribution in [3.8, 4) is 0 Å². The number of rotatable bonds is 7. The summed E-state index contributed by atoms with van der Waals surface area (Å²) in [6.45, 7) is 10.7. The minimum atomic E-state index is -1.62. The first-order valence-electron chi connectivity index (χ1n) is 9.16. The number of carbonyl (C=O) groups is 1. The second-order valence-electron chi connectivity index (χ2n) is 6.99. The largest absolute Gasteiger partial charge is 0.373 e. The Morgan fingerprint density at radius 1 is 1.17 bits per heavy atom. The van der Waals surface area contributed by atoms with Crippen LogP contribution in [0.5, 0.6) is 0 Å². The Morgan fingerprint density at radius 3 is 2.25 bits per heavy atom. The first-order chi connectivity index (χ1) is 11.5. The van der Waals surface area contributed by atoms with Crippen LogP contribution in [0.25, 0.3) is 0 Å². The molecule has 0 bridgehead atoms. The Hall–Kier alpha value is -1.39. The number of benzene rings is 1. The number of hydrogen-bond donors (Lipinski definition) is 0. The van der Waals surface area contributed by atoms with Gasteiger partial charge in [-0.1, -0.05) is 55.9 Å². The smallest absolute Gasteiger partial charge is 0.293 e. The van der Waals surface area contributed by atoms with Crippen molar-refractivity contribution in [3.05, 3.63) is 42.1 Å². The van der Waals surface area contributed by atoms with Crippen LogP contribution in [-0.4, -0.2) is 20.1 Å². The van der Waals surface area contributed by atoms with Gasteiger partial charge in [-0.15, -0.1) is 6.58 Å². The lowest BCUT2D eigenvalue weighted by molar-refractivity contribution is -0.280. The average molecular weight is 347 g/mol. The van der Waals surface area contributed by atoms with Gasteiger partial charge in [0.1, 0.15) is 14.2 Å². The molecule has 1 aliphatic rings. The molecule has 1 aliphatic carbocycles. The van der Waals surface area contributed by atoms with E-state index in [1.54, 1.807) is 0 Å². The SMILES string of the molecule is C=C[Si](CC)(CC)c1ccc(C(=O)OOC2CCC(C)CC2)cc1. The van der Waals surface area contributed by atoms with Gasteiger partial charge in [0.25, 0.3) is 0 Å². The molecule has 0 heterocycles. The van der Waals surface area contributed by atoms with Crippen molar-refractivity contribution in [3.63, 3.8) is 0 Å². The fourth-order valence-corrected chi connectivity index (χ4v) is 6.45. The Morgan fingerprint density at radius 2 is 1.75 bits per heavy atom. The van der Waals surface area contributed by atoms with Crippen molar-refractivity contribution in [2.75, 3.05) is 0 Å². The van der Waals surface area contributed by atoms with Crippen molar-refractivity contribution in [1.29, 1.82) is 0 Å². The van der Waals surface area contributed by atoms with Gasteiger partial charge in [-0.2, -0.15) is 4.89 Å². The lowest BCUT2D eigenvalue weighted by atomic mass is 9.89. The first-order valence-corrected chi connectivity index (χ1v) is 11.7. The number of carbonyl (C=O) groups excluding carboxylic acids is 1. The molecule has 1 aromatic carbocycles. The van der Waals surface area contributed by atoms with Crippen molar-refractivity contribution in [2.45, 2.75) is 64.6 Å². The summed E-state index contributed by atoms with van der Waals surface area (Å²) in [5, 5.41) is 1.32. The Bertz CT molecular complexity index is 541. The van der Waals surface area contributed by atoms with Gasteiger partial charge in [0.15, 0.2) is 0 Å². The van der Waals surface area contributed by atoms with Gasteiger partial charge in [0.2, 0.25) is 0 Å². The summed E-state index contributed by atoms with van der Waals surface area (Å²) in [6, 6.07) is 10.1. The van der Waals surface area contributed by atoms with E-state index in [0.717, 1.165) is 43.7 Å². The van der Waals surface area contributed by atoms with E-state index in [-0.39, 0.29) is 6.10 Å². The normalized spacial score (nSPS) is 21.3. The topological polar surface area (TPSA) is 35.5 Å². The van der Waals surface area contributed by atoms with E-state index in [9.17, 15) is 4.79 Å². The lowest BCUT2D eigenvalue weighted by Gasteiger charge is -2.26. The van der Waals surface area contributed by atoms with Crippen LogP contribution >= 0.6 is 0 Å². The predicted molar refractivity (Wildman–Crippen MR) is 101 cm³/mol. The molecule has 3 nitrogen and oxygen atoms in total. The third kappa shape index (κ3) is 4.36. The van der Waals surface area contributed by atoms with E-state index in [0.29, 0.717) is 5.56 Å². The van der Waals surface area contributed by atoms with Crippen LogP contribution < -0.4 is 5.19 Å². The molecule has 0 atom stereocenters. The Labute approximate surface area is 147 Å². The second kappa shape index (κ2) is 8.63. The third-order valence-corrected chi connectivity index (χ3v) is 10.4. The van der Waals surface area contributed by atoms with Gasteiger partial charge in [0.05, 0.1) is 5.56 Å². The van der Waals surface area contributed by atoms with Crippen LogP contribution in [0.15, 0.2) is 36.5 Å². The van der Waals surface area contributed by atoms with Crippen molar-refractivity contribution in [2.24, 2.45) is 5.92 Å². The number of hydrogen-bond acceptors (Lipinski definition) is 3. The monoisotopic (exact) mass is 346 g/mol. The molecule has 0 spiro atoms. The highest BCUT2D eigenvalue weighted by Gasteiger charge is 2.28. The van der Waals surface area contributed by atoms with Crippen LogP contribution in [0.4, 0.5) is 0 Å². The second-order valence-corrected chi connectivity index (χ2v) is 11.7. The molecule has 24 heavy (non-hydrogen) atoms. The first kappa shape index (κ1) is 18.9. The minimum Gasteiger partial charge on any atom is -0.293 e. The van der Waals surface area contributed by atoms with E-state index < -0.39 is 14.0 Å². The van der Waals surface area contributed by atoms with Crippen molar-refractivity contribution >= 4 is 19.2 Å². The fourth-order valence-electron chi connectivity index (χ4n) is 3.49. The van der Waals surface area contributed by atoms with Gasteiger partial charge >= 0.3 is 5.97 Å². The van der Waals surface area contributed by atoms with Crippen LogP contribution in [0, 0.1) is 5.92 Å². The van der Waals surface area contributed by atoms with E-state index in [4.69, 9.17) is 9.78 Å². The summed E-state index contributed by atoms with van der Waals surface area (Å²) in [7, 11) is -1.62. The Balaban J connectivity index is 1.95. The van der Waals surface area contributed by atoms with Gasteiger partial charge < -0.3 is 0 Å². The summed E-state index contributed by atoms with van der Waals surface area (Å²) < 4.78 is 0. The molecule has 0 N–H and O–H groups in total. The highest BCUT2D eigenvalue weighted by molar-refractivity contribution is 6.95. The Kier molecular flexibility index (Phi) is 6.81. The summed E-state index contributed by atoms with van der Waals surface area (Å²) in [6.07, 6.45) is 4.26. The van der Waals surface area contributed by atoms with Crippen LogP contribution in [0.2, 0.25) is 12.1 Å². The van der Waals surface area contributed by atoms with Crippen LogP contribution in [-0.2, 0) is 9.78 Å². The van der Waals surface area contributed by atoms with E-state index in [1.165, 1.54) is 5.19 Å². The molecule has 1 aromatic rings. The highest BCUT2D eigenvalue weighted by Crippen LogP contribution is 2.25. The zero-order valence-electron chi connectivity index (χ0n) is 15.2. The third-order valence-electron chi connectivity index (χ3n) is 5.57. The highest BCUT2D eigenvalue weighted by atomic mass is 28.3. The molecule has 0 aliphatic heterocycles. The summed E-state index contributed by atoms with van der Waals surface area (Å²) in [4.78, 5) is 22.6. The average Bonchev–Trinajstić information content (AvgIpc) is 2.63. The predicted octanol–water partition coefficient (Wildman–Crippen LogP) is 4.77. The molecule has 0 amide bonds. The maximum absolute atomic E-state index is 12.2. The molecule has 132 valence electrons. The summed E-state index contributed by atoms with van der Waals surface area (Å²) >= 11 is 0. The zero-order chi connectivity index (χ0) is 17.6. The molecule has 2 rings (SSSR count). The zero-order valence-corrected chi connectivity index (χ0v) is 16.2. The standard InChI is InChI=1S/C20H30O3Si/c1-5-24(6-2,7-3)19-14-10-17(11-15-19)20(21)23-22-18-12-8-16(4)9-13-18/h5,10-11,14-16,18H,1,6-9,12-13H2,2-4H3. The van der Waals surface area contributed by atoms with Gasteiger partial charge in [-0.3, -0.25) is 4.89 Å². The van der Waals surface area contributed by atoms with E-state index in [2.05, 4.69) is 45.2 Å². The van der Waals surface area contributed by atoms with Crippen LogP contribution in [0.1, 0.15) is 56.8 Å². The summed E-state index contributed by atoms with van der Waals surface area (Å²) in [5.74, 6) is 0.346. The van der Waals surface area contributed by atoms with Gasteiger partial charge in [-0.05, 0) is 43.7 Å². The lowest BCUT2D eigenvalue weighted by Crippen LogP contribution is -2.44. The molecule has 1 saturated carbocycles. The van der Waals surface area contributed by atoms with Crippen molar-refractivity contribution < 1.29 is 14.6 Å².